The fourth-order valence-corrected chi connectivity index (χ4v) is 2.72. The molecule has 0 aromatic heterocycles. The molecule has 1 atom stereocenters. The van der Waals surface area contributed by atoms with Gasteiger partial charge in [-0.3, -0.25) is 5.41 Å². The molecule has 86 valence electrons. The zero-order valence-corrected chi connectivity index (χ0v) is 9.88. The van der Waals surface area contributed by atoms with Crippen molar-refractivity contribution in [1.82, 2.24) is 4.90 Å². The molecule has 0 saturated carbocycles. The number of nitrogens with zero attached hydrogens (tertiary/aromatic N) is 1. The van der Waals surface area contributed by atoms with E-state index in [1.165, 1.54) is 12.8 Å². The molecule has 3 nitrogen and oxygen atoms in total. The van der Waals surface area contributed by atoms with Crippen LogP contribution < -0.4 is 0 Å². The van der Waals surface area contributed by atoms with Crippen molar-refractivity contribution in [2.75, 3.05) is 13.2 Å². The van der Waals surface area contributed by atoms with Gasteiger partial charge in [-0.2, -0.15) is 0 Å². The van der Waals surface area contributed by atoms with Crippen LogP contribution in [0.2, 0.25) is 0 Å². The highest BCUT2D eigenvalue weighted by molar-refractivity contribution is 5.80. The minimum atomic E-state index is 0.000639. The van der Waals surface area contributed by atoms with Gasteiger partial charge in [0.15, 0.2) is 0 Å². The number of hydrogen-bond acceptors (Lipinski definition) is 2. The summed E-state index contributed by atoms with van der Waals surface area (Å²) < 4.78 is 5.72. The molecule has 2 saturated heterocycles. The molecule has 0 radical (unpaired) electrons. The molecule has 1 unspecified atom stereocenters. The first-order chi connectivity index (χ1) is 7.08. The van der Waals surface area contributed by atoms with Gasteiger partial charge in [-0.05, 0) is 39.5 Å². The molecule has 2 aliphatic heterocycles. The third kappa shape index (κ3) is 2.51. The maximum Gasteiger partial charge on any atom is 0.0960 e. The van der Waals surface area contributed by atoms with Gasteiger partial charge in [0, 0.05) is 25.6 Å². The highest BCUT2D eigenvalue weighted by atomic mass is 16.5. The zero-order chi connectivity index (χ0) is 10.9. The second-order valence-electron chi connectivity index (χ2n) is 5.35. The average Bonchev–Trinajstić information content (AvgIpc) is 2.17. The highest BCUT2D eigenvalue weighted by Gasteiger charge is 2.33. The van der Waals surface area contributed by atoms with Crippen molar-refractivity contribution in [3.05, 3.63) is 0 Å². The van der Waals surface area contributed by atoms with Gasteiger partial charge in [-0.15, -0.1) is 0 Å². The molecule has 0 bridgehead atoms. The molecule has 0 aromatic carbocycles. The smallest absolute Gasteiger partial charge is 0.0960 e. The molecular formula is C12H22N2O. The molecule has 1 N–H and O–H groups in total. The molecule has 0 spiro atoms. The Bertz CT molecular complexity index is 250. The van der Waals surface area contributed by atoms with Gasteiger partial charge in [0.25, 0.3) is 0 Å². The predicted molar refractivity (Wildman–Crippen MR) is 61.3 cm³/mol. The Kier molecular flexibility index (Phi) is 3.01. The fraction of sp³-hybridized carbons (Fsp3) is 0.917. The van der Waals surface area contributed by atoms with Crippen molar-refractivity contribution in [2.45, 2.75) is 57.6 Å². The Balaban J connectivity index is 2.00. The molecule has 2 aliphatic rings. The second-order valence-corrected chi connectivity index (χ2v) is 5.35. The van der Waals surface area contributed by atoms with Crippen molar-refractivity contribution < 1.29 is 4.74 Å². The van der Waals surface area contributed by atoms with Gasteiger partial charge in [0.2, 0.25) is 0 Å². The fourth-order valence-electron chi connectivity index (χ4n) is 2.72. The molecule has 2 fully saturated rings. The normalized spacial score (nSPS) is 31.7. The summed E-state index contributed by atoms with van der Waals surface area (Å²) in [4.78, 5) is 2.31. The van der Waals surface area contributed by atoms with Crippen LogP contribution in [0.4, 0.5) is 0 Å². The van der Waals surface area contributed by atoms with E-state index in [2.05, 4.69) is 18.7 Å². The Morgan fingerprint density at radius 1 is 1.40 bits per heavy atom. The van der Waals surface area contributed by atoms with E-state index in [0.717, 1.165) is 38.2 Å². The molecule has 15 heavy (non-hydrogen) atoms. The van der Waals surface area contributed by atoms with Gasteiger partial charge < -0.3 is 9.64 Å². The zero-order valence-electron chi connectivity index (χ0n) is 9.88. The summed E-state index contributed by atoms with van der Waals surface area (Å²) in [5, 5.41) is 8.00. The summed E-state index contributed by atoms with van der Waals surface area (Å²) in [7, 11) is 0. The SMILES string of the molecule is CC1(C)CC(N2CCCCC2=N)CCO1. The van der Waals surface area contributed by atoms with E-state index >= 15 is 0 Å². The lowest BCUT2D eigenvalue weighted by atomic mass is 9.91. The molecule has 3 heteroatoms. The quantitative estimate of drug-likeness (QED) is 0.721. The van der Waals surface area contributed by atoms with Crippen LogP contribution in [0.5, 0.6) is 0 Å². The largest absolute Gasteiger partial charge is 0.375 e. The summed E-state index contributed by atoms with van der Waals surface area (Å²) >= 11 is 0. The summed E-state index contributed by atoms with van der Waals surface area (Å²) in [5.74, 6) is 0.851. The van der Waals surface area contributed by atoms with Crippen molar-refractivity contribution in [3.63, 3.8) is 0 Å². The third-order valence-corrected chi connectivity index (χ3v) is 3.52. The van der Waals surface area contributed by atoms with Crippen LogP contribution in [0.3, 0.4) is 0 Å². The van der Waals surface area contributed by atoms with Gasteiger partial charge in [-0.1, -0.05) is 0 Å². The van der Waals surface area contributed by atoms with Crippen LogP contribution in [-0.2, 0) is 4.74 Å². The molecule has 0 aromatic rings. The van der Waals surface area contributed by atoms with E-state index in [1.807, 2.05) is 0 Å². The Morgan fingerprint density at radius 3 is 2.87 bits per heavy atom. The number of ether oxygens (including phenoxy) is 1. The number of rotatable bonds is 1. The molecular weight excluding hydrogens is 188 g/mol. The minimum Gasteiger partial charge on any atom is -0.375 e. The number of nitrogens with one attached hydrogen (secondary N) is 1. The first-order valence-corrected chi connectivity index (χ1v) is 6.06. The molecule has 0 amide bonds. The van der Waals surface area contributed by atoms with Gasteiger partial charge in [0.1, 0.15) is 0 Å². The summed E-state index contributed by atoms with van der Waals surface area (Å²) in [6.07, 6.45) is 5.57. The van der Waals surface area contributed by atoms with E-state index in [-0.39, 0.29) is 5.60 Å². The average molecular weight is 210 g/mol. The molecule has 2 heterocycles. The van der Waals surface area contributed by atoms with Crippen LogP contribution in [0.1, 0.15) is 46.0 Å². The number of hydrogen-bond donors (Lipinski definition) is 1. The van der Waals surface area contributed by atoms with Crippen LogP contribution in [-0.4, -0.2) is 35.5 Å². The maximum atomic E-state index is 8.00. The van der Waals surface area contributed by atoms with Crippen LogP contribution in [0.15, 0.2) is 0 Å². The predicted octanol–water partition coefficient (Wildman–Crippen LogP) is 2.41. The Labute approximate surface area is 92.3 Å². The third-order valence-electron chi connectivity index (χ3n) is 3.52. The minimum absolute atomic E-state index is 0.000639. The van der Waals surface area contributed by atoms with Crippen molar-refractivity contribution >= 4 is 5.84 Å². The monoisotopic (exact) mass is 210 g/mol. The van der Waals surface area contributed by atoms with Crippen molar-refractivity contribution in [1.29, 1.82) is 5.41 Å². The van der Waals surface area contributed by atoms with Crippen molar-refractivity contribution in [3.8, 4) is 0 Å². The summed E-state index contributed by atoms with van der Waals surface area (Å²) in [6, 6.07) is 0.543. The lowest BCUT2D eigenvalue weighted by Gasteiger charge is -2.43. The standard InChI is InChI=1S/C12H22N2O/c1-12(2)9-10(6-8-15-12)14-7-4-3-5-11(14)13/h10,13H,3-9H2,1-2H3. The van der Waals surface area contributed by atoms with Gasteiger partial charge in [0.05, 0.1) is 11.4 Å². The number of piperidine rings is 1. The first kappa shape index (κ1) is 10.9. The van der Waals surface area contributed by atoms with E-state index in [0.29, 0.717) is 6.04 Å². The van der Waals surface area contributed by atoms with Crippen LogP contribution >= 0.6 is 0 Å². The van der Waals surface area contributed by atoms with Crippen LogP contribution in [0.25, 0.3) is 0 Å². The first-order valence-electron chi connectivity index (χ1n) is 6.06. The van der Waals surface area contributed by atoms with Gasteiger partial charge in [-0.25, -0.2) is 0 Å². The summed E-state index contributed by atoms with van der Waals surface area (Å²) in [5.41, 5.74) is 0.000639. The van der Waals surface area contributed by atoms with Crippen LogP contribution in [0, 0.1) is 5.41 Å². The highest BCUT2D eigenvalue weighted by Crippen LogP contribution is 2.29. The van der Waals surface area contributed by atoms with E-state index in [9.17, 15) is 0 Å². The van der Waals surface area contributed by atoms with E-state index in [4.69, 9.17) is 10.1 Å². The molecule has 2 rings (SSSR count). The maximum absolute atomic E-state index is 8.00. The number of amidine groups is 1. The molecule has 0 aliphatic carbocycles. The van der Waals surface area contributed by atoms with E-state index in [1.54, 1.807) is 0 Å². The summed E-state index contributed by atoms with van der Waals surface area (Å²) in [6.45, 7) is 6.25. The Morgan fingerprint density at radius 2 is 2.20 bits per heavy atom. The lowest BCUT2D eigenvalue weighted by molar-refractivity contribution is -0.0754. The second kappa shape index (κ2) is 4.12. The Hall–Kier alpha value is -0.570. The topological polar surface area (TPSA) is 36.3 Å². The number of likely N-dealkylation sites (tertiary alicyclic amines) is 1. The van der Waals surface area contributed by atoms with E-state index < -0.39 is 0 Å². The lowest BCUT2D eigenvalue weighted by Crippen LogP contribution is -2.49. The van der Waals surface area contributed by atoms with Crippen molar-refractivity contribution in [2.24, 2.45) is 0 Å². The van der Waals surface area contributed by atoms with Gasteiger partial charge >= 0.3 is 0 Å².